The van der Waals surface area contributed by atoms with E-state index in [-0.39, 0.29) is 35.7 Å². The van der Waals surface area contributed by atoms with Gasteiger partial charge in [0.15, 0.2) is 12.4 Å². The Kier molecular flexibility index (Phi) is 15.1. The van der Waals surface area contributed by atoms with Gasteiger partial charge in [0.1, 0.15) is 55.1 Å². The standard InChI is InChI=1S/C37H51N3O14/c1-20-29(43)32(46)34(54-36-33(47)31(45)30(44)27(53-36)19-49-35(48)23-7-4-3-5-8-23)37(50-20)52-24-11-9-22(10-12-24)26-17-28(42)40-15-6-14-38-18-25(13-16-39-26)51-21(2)41/h3-5,7-12,20,25-27,29-34,36-39,43-47H,6,13-19H2,1-2H3,(H,40,42). The molecule has 0 aromatic heterocycles. The van der Waals surface area contributed by atoms with Gasteiger partial charge in [-0.15, -0.1) is 0 Å². The number of hydrogen-bond acceptors (Lipinski definition) is 16. The summed E-state index contributed by atoms with van der Waals surface area (Å²) < 4.78 is 34.3. The molecule has 298 valence electrons. The molecule has 3 fully saturated rings. The maximum atomic E-state index is 12.8. The second-order valence-corrected chi connectivity index (χ2v) is 13.6. The lowest BCUT2D eigenvalue weighted by Gasteiger charge is -2.45. The molecule has 3 aliphatic rings. The Labute approximate surface area is 312 Å². The second kappa shape index (κ2) is 19.7. The minimum Gasteiger partial charge on any atom is -0.462 e. The van der Waals surface area contributed by atoms with Crippen LogP contribution >= 0.6 is 0 Å². The second-order valence-electron chi connectivity index (χ2n) is 13.6. The van der Waals surface area contributed by atoms with Crippen LogP contribution in [0.1, 0.15) is 55.1 Å². The lowest BCUT2D eigenvalue weighted by Crippen LogP contribution is -2.64. The molecule has 1 amide bonds. The van der Waals surface area contributed by atoms with Crippen LogP contribution in [0.2, 0.25) is 0 Å². The number of nitrogens with one attached hydrogen (secondary N) is 3. The maximum Gasteiger partial charge on any atom is 0.338 e. The van der Waals surface area contributed by atoms with E-state index in [1.165, 1.54) is 26.0 Å². The third-order valence-electron chi connectivity index (χ3n) is 9.47. The van der Waals surface area contributed by atoms with E-state index in [1.54, 1.807) is 42.5 Å². The van der Waals surface area contributed by atoms with Gasteiger partial charge in [-0.25, -0.2) is 4.79 Å². The monoisotopic (exact) mass is 761 g/mol. The number of carbonyl (C=O) groups excluding carboxylic acids is 3. The van der Waals surface area contributed by atoms with Crippen molar-refractivity contribution < 1.29 is 68.3 Å². The van der Waals surface area contributed by atoms with E-state index in [2.05, 4.69) is 16.0 Å². The van der Waals surface area contributed by atoms with Crippen LogP contribution in [0.5, 0.6) is 5.75 Å². The number of ether oxygens (including phenoxy) is 6. The number of aliphatic hydroxyl groups excluding tert-OH is 5. The molecule has 8 N–H and O–H groups in total. The fourth-order valence-electron chi connectivity index (χ4n) is 6.42. The molecule has 0 radical (unpaired) electrons. The highest BCUT2D eigenvalue weighted by Crippen LogP contribution is 2.31. The molecule has 2 aromatic rings. The van der Waals surface area contributed by atoms with E-state index >= 15 is 0 Å². The van der Waals surface area contributed by atoms with Crippen LogP contribution in [-0.2, 0) is 33.3 Å². The molecule has 3 heterocycles. The third-order valence-corrected chi connectivity index (χ3v) is 9.47. The summed E-state index contributed by atoms with van der Waals surface area (Å²) in [6.45, 7) is 4.48. The van der Waals surface area contributed by atoms with E-state index in [0.717, 1.165) is 5.56 Å². The number of esters is 2. The van der Waals surface area contributed by atoms with E-state index in [9.17, 15) is 39.9 Å². The van der Waals surface area contributed by atoms with E-state index < -0.39 is 80.0 Å². The molecule has 0 saturated carbocycles. The molecule has 17 nitrogen and oxygen atoms in total. The van der Waals surface area contributed by atoms with Gasteiger partial charge in [-0.3, -0.25) is 9.59 Å². The topological polar surface area (TPSA) is 244 Å². The highest BCUT2D eigenvalue weighted by atomic mass is 16.8. The average Bonchev–Trinajstić information content (AvgIpc) is 3.17. The lowest BCUT2D eigenvalue weighted by atomic mass is 9.97. The van der Waals surface area contributed by atoms with Crippen LogP contribution in [-0.4, -0.2) is 144 Å². The van der Waals surface area contributed by atoms with Gasteiger partial charge in [-0.1, -0.05) is 30.3 Å². The molecule has 0 bridgehead atoms. The lowest BCUT2D eigenvalue weighted by molar-refractivity contribution is -0.355. The summed E-state index contributed by atoms with van der Waals surface area (Å²) in [5, 5.41) is 63.3. The zero-order valence-electron chi connectivity index (χ0n) is 30.2. The SMILES string of the molecule is CC(=O)OC1CCNC(c2ccc(OC3OC(C)C(O)C(O)C3OC3OC(COC(=O)c4ccccc4)C(O)C(O)C3O)cc2)CC(=O)NCCCNC1. The Morgan fingerprint density at radius 1 is 0.852 bits per heavy atom. The third kappa shape index (κ3) is 11.2. The van der Waals surface area contributed by atoms with Gasteiger partial charge >= 0.3 is 11.9 Å². The number of amides is 1. The van der Waals surface area contributed by atoms with Crippen molar-refractivity contribution >= 4 is 17.8 Å². The first-order chi connectivity index (χ1) is 25.9. The minimum absolute atomic E-state index is 0.137. The zero-order chi connectivity index (χ0) is 38.8. The van der Waals surface area contributed by atoms with E-state index in [4.69, 9.17) is 28.4 Å². The Morgan fingerprint density at radius 3 is 2.31 bits per heavy atom. The van der Waals surface area contributed by atoms with Gasteiger partial charge in [0.05, 0.1) is 11.7 Å². The molecule has 3 saturated heterocycles. The molecule has 2 aromatic carbocycles. The van der Waals surface area contributed by atoms with E-state index in [1.807, 2.05) is 0 Å². The van der Waals surface area contributed by atoms with Gasteiger partial charge in [0.2, 0.25) is 12.2 Å². The van der Waals surface area contributed by atoms with Gasteiger partial charge in [-0.2, -0.15) is 0 Å². The van der Waals surface area contributed by atoms with Crippen molar-refractivity contribution in [3.05, 3.63) is 65.7 Å². The normalized spacial score (nSPS) is 34.2. The Bertz CT molecular complexity index is 1500. The summed E-state index contributed by atoms with van der Waals surface area (Å²) in [5.41, 5.74) is 1.02. The van der Waals surface area contributed by atoms with Gasteiger partial charge in [0, 0.05) is 32.5 Å². The van der Waals surface area contributed by atoms with Crippen LogP contribution in [0.3, 0.4) is 0 Å². The first-order valence-electron chi connectivity index (χ1n) is 18.1. The molecule has 54 heavy (non-hydrogen) atoms. The Morgan fingerprint density at radius 2 is 1.59 bits per heavy atom. The number of rotatable bonds is 9. The first kappa shape index (κ1) is 41.4. The molecule has 17 heteroatoms. The van der Waals surface area contributed by atoms with Gasteiger partial charge in [-0.05, 0) is 62.7 Å². The largest absolute Gasteiger partial charge is 0.462 e. The predicted octanol–water partition coefficient (Wildman–Crippen LogP) is -0.966. The van der Waals surface area contributed by atoms with Crippen molar-refractivity contribution in [1.29, 1.82) is 0 Å². The van der Waals surface area contributed by atoms with E-state index in [0.29, 0.717) is 39.0 Å². The fourth-order valence-corrected chi connectivity index (χ4v) is 6.42. The summed E-state index contributed by atoms with van der Waals surface area (Å²) in [6, 6.07) is 14.5. The molecule has 0 spiro atoms. The first-order valence-corrected chi connectivity index (χ1v) is 18.1. The quantitative estimate of drug-likeness (QED) is 0.143. The predicted molar refractivity (Wildman–Crippen MR) is 188 cm³/mol. The summed E-state index contributed by atoms with van der Waals surface area (Å²) in [7, 11) is 0. The van der Waals surface area contributed by atoms with Crippen molar-refractivity contribution in [3.63, 3.8) is 0 Å². The molecule has 12 atom stereocenters. The molecular weight excluding hydrogens is 710 g/mol. The smallest absolute Gasteiger partial charge is 0.338 e. The molecule has 5 rings (SSSR count). The molecular formula is C37H51N3O14. The summed E-state index contributed by atoms with van der Waals surface area (Å²) >= 11 is 0. The van der Waals surface area contributed by atoms with Crippen LogP contribution in [0, 0.1) is 0 Å². The van der Waals surface area contributed by atoms with Crippen molar-refractivity contribution in [2.45, 2.75) is 107 Å². The minimum atomic E-state index is -1.81. The van der Waals surface area contributed by atoms with Crippen molar-refractivity contribution in [1.82, 2.24) is 16.0 Å². The highest BCUT2D eigenvalue weighted by molar-refractivity contribution is 5.89. The Hall–Kier alpha value is -3.75. The van der Waals surface area contributed by atoms with Crippen LogP contribution in [0.15, 0.2) is 54.6 Å². The summed E-state index contributed by atoms with van der Waals surface area (Å²) in [6.07, 6.45) is -14.0. The fraction of sp³-hybridized carbons (Fsp3) is 0.595. The van der Waals surface area contributed by atoms with Crippen LogP contribution in [0.25, 0.3) is 0 Å². The van der Waals surface area contributed by atoms with Gasteiger partial charge < -0.3 is 69.9 Å². The zero-order valence-corrected chi connectivity index (χ0v) is 30.2. The van der Waals surface area contributed by atoms with Crippen LogP contribution in [0.4, 0.5) is 0 Å². The van der Waals surface area contributed by atoms with Gasteiger partial charge in [0.25, 0.3) is 0 Å². The van der Waals surface area contributed by atoms with Crippen molar-refractivity contribution in [2.24, 2.45) is 0 Å². The maximum absolute atomic E-state index is 12.8. The van der Waals surface area contributed by atoms with Crippen molar-refractivity contribution in [3.8, 4) is 5.75 Å². The number of carbonyl (C=O) groups is 3. The molecule has 0 aliphatic carbocycles. The van der Waals surface area contributed by atoms with Crippen LogP contribution < -0.4 is 20.7 Å². The number of aliphatic hydroxyl groups is 5. The summed E-state index contributed by atoms with van der Waals surface area (Å²) in [5.74, 6) is -0.939. The van der Waals surface area contributed by atoms with Crippen molar-refractivity contribution in [2.75, 3.05) is 32.8 Å². The molecule has 12 unspecified atom stereocenters. The average molecular weight is 762 g/mol. The molecule has 3 aliphatic heterocycles. The Balaban J connectivity index is 1.26. The highest BCUT2D eigenvalue weighted by Gasteiger charge is 2.51. The number of benzene rings is 2. The number of hydrogen-bond donors (Lipinski definition) is 8. The summed E-state index contributed by atoms with van der Waals surface area (Å²) in [4.78, 5) is 36.9.